The van der Waals surface area contributed by atoms with Crippen molar-refractivity contribution < 1.29 is 17.9 Å². The fourth-order valence-electron chi connectivity index (χ4n) is 2.64. The summed E-state index contributed by atoms with van der Waals surface area (Å²) in [6.45, 7) is 5.94. The summed E-state index contributed by atoms with van der Waals surface area (Å²) in [6, 6.07) is 6.63. The lowest BCUT2D eigenvalue weighted by molar-refractivity contribution is -0.142. The lowest BCUT2D eigenvalue weighted by Crippen LogP contribution is -2.32. The van der Waals surface area contributed by atoms with Gasteiger partial charge in [-0.15, -0.1) is 0 Å². The van der Waals surface area contributed by atoms with Gasteiger partial charge >= 0.3 is 5.97 Å². The Hall–Kier alpha value is -1.36. The lowest BCUT2D eigenvalue weighted by Gasteiger charge is -2.16. The number of rotatable bonds is 11. The van der Waals surface area contributed by atoms with E-state index in [1.165, 1.54) is 12.8 Å². The molecule has 0 spiro atoms. The van der Waals surface area contributed by atoms with E-state index >= 15 is 0 Å². The fourth-order valence-corrected chi connectivity index (χ4v) is 4.28. The van der Waals surface area contributed by atoms with Gasteiger partial charge < -0.3 is 4.74 Å². The zero-order valence-corrected chi connectivity index (χ0v) is 15.9. The molecule has 0 bridgehead atoms. The molecule has 0 saturated carbocycles. The smallest absolute Gasteiger partial charge is 0.324 e. The Morgan fingerprint density at radius 1 is 1.00 bits per heavy atom. The molecule has 4 nitrogen and oxygen atoms in total. The molecule has 1 aromatic carbocycles. The van der Waals surface area contributed by atoms with Crippen molar-refractivity contribution in [3.05, 3.63) is 29.8 Å². The number of hydrogen-bond donors (Lipinski definition) is 0. The summed E-state index contributed by atoms with van der Waals surface area (Å²) in [5.41, 5.74) is 0.984. The minimum absolute atomic E-state index is 0.190. The molecule has 1 unspecified atom stereocenters. The first-order chi connectivity index (χ1) is 11.4. The van der Waals surface area contributed by atoms with Crippen molar-refractivity contribution in [1.29, 1.82) is 0 Å². The summed E-state index contributed by atoms with van der Waals surface area (Å²) >= 11 is 0. The Kier molecular flexibility index (Phi) is 9.04. The van der Waals surface area contributed by atoms with Crippen molar-refractivity contribution in [2.24, 2.45) is 0 Å². The number of ether oxygens (including phenoxy) is 1. The van der Waals surface area contributed by atoms with E-state index in [2.05, 4.69) is 6.92 Å². The third-order valence-corrected chi connectivity index (χ3v) is 6.20. The predicted molar refractivity (Wildman–Crippen MR) is 96.8 cm³/mol. The predicted octanol–water partition coefficient (Wildman–Crippen LogP) is 4.45. The highest BCUT2D eigenvalue weighted by Crippen LogP contribution is 2.22. The number of carbonyl (C=O) groups excluding carboxylic acids is 1. The highest BCUT2D eigenvalue weighted by Gasteiger charge is 2.34. The molecule has 0 radical (unpaired) electrons. The van der Waals surface area contributed by atoms with Crippen LogP contribution in [0.15, 0.2) is 29.2 Å². The minimum atomic E-state index is -3.71. The van der Waals surface area contributed by atoms with E-state index < -0.39 is 21.1 Å². The van der Waals surface area contributed by atoms with Crippen LogP contribution in [-0.2, 0) is 19.4 Å². The first-order valence-corrected chi connectivity index (χ1v) is 10.4. The number of benzene rings is 1. The SMILES string of the molecule is CCCCCCCCC(C(=O)OCC)S(=O)(=O)c1ccc(C)cc1. The average molecular weight is 355 g/mol. The maximum Gasteiger partial charge on any atom is 0.324 e. The summed E-state index contributed by atoms with van der Waals surface area (Å²) in [7, 11) is -3.71. The van der Waals surface area contributed by atoms with Crippen LogP contribution in [0.1, 0.15) is 64.4 Å². The zero-order chi connectivity index (χ0) is 18.0. The molecule has 136 valence electrons. The third-order valence-electron chi connectivity index (χ3n) is 4.09. The molecule has 0 aliphatic carbocycles. The molecule has 0 N–H and O–H groups in total. The molecule has 0 aliphatic heterocycles. The van der Waals surface area contributed by atoms with Gasteiger partial charge in [-0.1, -0.05) is 63.1 Å². The normalized spacial score (nSPS) is 12.8. The van der Waals surface area contributed by atoms with Gasteiger partial charge in [0.2, 0.25) is 0 Å². The van der Waals surface area contributed by atoms with Gasteiger partial charge in [0.05, 0.1) is 11.5 Å². The number of unbranched alkanes of at least 4 members (excludes halogenated alkanes) is 5. The molecule has 1 rings (SSSR count). The first kappa shape index (κ1) is 20.7. The van der Waals surface area contributed by atoms with Crippen LogP contribution >= 0.6 is 0 Å². The van der Waals surface area contributed by atoms with Gasteiger partial charge in [0.25, 0.3) is 0 Å². The number of esters is 1. The highest BCUT2D eigenvalue weighted by atomic mass is 32.2. The monoisotopic (exact) mass is 354 g/mol. The first-order valence-electron chi connectivity index (χ1n) is 8.90. The van der Waals surface area contributed by atoms with Crippen LogP contribution in [0.3, 0.4) is 0 Å². The number of aryl methyl sites for hydroxylation is 1. The van der Waals surface area contributed by atoms with Crippen molar-refractivity contribution in [2.75, 3.05) is 6.61 Å². The maximum atomic E-state index is 12.8. The molecule has 0 heterocycles. The van der Waals surface area contributed by atoms with E-state index in [1.54, 1.807) is 31.2 Å². The van der Waals surface area contributed by atoms with Gasteiger partial charge in [-0.3, -0.25) is 4.79 Å². The summed E-state index contributed by atoms with van der Waals surface area (Å²) in [5.74, 6) is -0.633. The van der Waals surface area contributed by atoms with E-state index in [9.17, 15) is 13.2 Å². The second-order valence-electron chi connectivity index (χ2n) is 6.16. The summed E-state index contributed by atoms with van der Waals surface area (Å²) in [6.07, 6.45) is 6.59. The van der Waals surface area contributed by atoms with Gasteiger partial charge in [-0.05, 0) is 32.4 Å². The number of hydrogen-bond acceptors (Lipinski definition) is 4. The van der Waals surface area contributed by atoms with Crippen molar-refractivity contribution in [1.82, 2.24) is 0 Å². The molecule has 1 atom stereocenters. The third kappa shape index (κ3) is 6.27. The second-order valence-corrected chi connectivity index (χ2v) is 8.29. The van der Waals surface area contributed by atoms with E-state index in [0.29, 0.717) is 6.42 Å². The molecule has 0 aliphatic rings. The number of carbonyl (C=O) groups is 1. The van der Waals surface area contributed by atoms with Crippen LogP contribution in [0.4, 0.5) is 0 Å². The van der Waals surface area contributed by atoms with Gasteiger partial charge in [-0.25, -0.2) is 8.42 Å². The summed E-state index contributed by atoms with van der Waals surface area (Å²) in [5, 5.41) is -1.11. The summed E-state index contributed by atoms with van der Waals surface area (Å²) in [4.78, 5) is 12.4. The molecule has 0 fully saturated rings. The van der Waals surface area contributed by atoms with E-state index in [0.717, 1.165) is 31.2 Å². The molecule has 5 heteroatoms. The second kappa shape index (κ2) is 10.5. The zero-order valence-electron chi connectivity index (χ0n) is 15.1. The van der Waals surface area contributed by atoms with Gasteiger partial charge in [0.1, 0.15) is 0 Å². The van der Waals surface area contributed by atoms with Crippen LogP contribution in [0.5, 0.6) is 0 Å². The fraction of sp³-hybridized carbons (Fsp3) is 0.632. The topological polar surface area (TPSA) is 60.4 Å². The summed E-state index contributed by atoms with van der Waals surface area (Å²) < 4.78 is 30.7. The molecule has 0 amide bonds. The lowest BCUT2D eigenvalue weighted by atomic mass is 10.1. The Balaban J connectivity index is 2.80. The van der Waals surface area contributed by atoms with Gasteiger partial charge in [0.15, 0.2) is 15.1 Å². The Bertz CT molecular complexity index is 590. The van der Waals surface area contributed by atoms with Crippen molar-refractivity contribution in [2.45, 2.75) is 75.9 Å². The molecule has 24 heavy (non-hydrogen) atoms. The van der Waals surface area contributed by atoms with Crippen LogP contribution in [0.2, 0.25) is 0 Å². The van der Waals surface area contributed by atoms with Crippen LogP contribution < -0.4 is 0 Å². The van der Waals surface area contributed by atoms with Crippen LogP contribution in [0, 0.1) is 6.92 Å². The van der Waals surface area contributed by atoms with E-state index in [-0.39, 0.29) is 11.5 Å². The molecular weight excluding hydrogens is 324 g/mol. The molecule has 1 aromatic rings. The van der Waals surface area contributed by atoms with Crippen LogP contribution in [-0.4, -0.2) is 26.2 Å². The van der Waals surface area contributed by atoms with Crippen molar-refractivity contribution in [3.63, 3.8) is 0 Å². The Labute approximate surface area is 146 Å². The maximum absolute atomic E-state index is 12.8. The van der Waals surface area contributed by atoms with Crippen molar-refractivity contribution in [3.8, 4) is 0 Å². The quantitative estimate of drug-likeness (QED) is 0.435. The standard InChI is InChI=1S/C19H30O4S/c1-4-6-7-8-9-10-11-18(19(20)23-5-2)24(21,22)17-14-12-16(3)13-15-17/h12-15,18H,4-11H2,1-3H3. The van der Waals surface area contributed by atoms with Gasteiger partial charge in [-0.2, -0.15) is 0 Å². The van der Waals surface area contributed by atoms with E-state index in [1.807, 2.05) is 6.92 Å². The van der Waals surface area contributed by atoms with E-state index in [4.69, 9.17) is 4.74 Å². The molecule has 0 aromatic heterocycles. The number of sulfone groups is 1. The largest absolute Gasteiger partial charge is 0.465 e. The highest BCUT2D eigenvalue weighted by molar-refractivity contribution is 7.92. The minimum Gasteiger partial charge on any atom is -0.465 e. The van der Waals surface area contributed by atoms with Crippen molar-refractivity contribution >= 4 is 15.8 Å². The molecule has 0 saturated heterocycles. The molecular formula is C19H30O4S. The van der Waals surface area contributed by atoms with Crippen LogP contribution in [0.25, 0.3) is 0 Å². The Morgan fingerprint density at radius 3 is 2.17 bits per heavy atom. The average Bonchev–Trinajstić information content (AvgIpc) is 2.54. The van der Waals surface area contributed by atoms with Gasteiger partial charge in [0, 0.05) is 0 Å². The Morgan fingerprint density at radius 2 is 1.58 bits per heavy atom.